The molecule has 2 rings (SSSR count). The Morgan fingerprint density at radius 2 is 1.81 bits per heavy atom. The first-order chi connectivity index (χ1) is 13.2. The Bertz CT molecular complexity index is 674. The fraction of sp³-hybridized carbons (Fsp3) is 0.591. The number of hydrogen-bond donors (Lipinski definition) is 3. The molecule has 0 unspecified atom stereocenters. The summed E-state index contributed by atoms with van der Waals surface area (Å²) in [4.78, 5) is 10.3. The van der Waals surface area contributed by atoms with E-state index in [0.29, 0.717) is 0 Å². The summed E-state index contributed by atoms with van der Waals surface area (Å²) in [5.41, 5.74) is 2.56. The van der Waals surface area contributed by atoms with Crippen LogP contribution in [0.15, 0.2) is 35.5 Å². The predicted molar refractivity (Wildman–Crippen MR) is 118 cm³/mol. The van der Waals surface area contributed by atoms with Crippen molar-refractivity contribution in [1.29, 1.82) is 0 Å². The molecule has 2 aromatic rings. The second kappa shape index (κ2) is 12.4. The van der Waals surface area contributed by atoms with Gasteiger partial charge in [-0.05, 0) is 58.5 Å². The van der Waals surface area contributed by atoms with E-state index in [1.54, 1.807) is 0 Å². The number of guanidine groups is 1. The number of para-hydroxylation sites is 1. The van der Waals surface area contributed by atoms with Crippen LogP contribution in [0.25, 0.3) is 10.9 Å². The summed E-state index contributed by atoms with van der Waals surface area (Å²) in [6, 6.07) is 8.47. The van der Waals surface area contributed by atoms with Crippen molar-refractivity contribution in [2.45, 2.75) is 45.4 Å². The molecule has 0 saturated heterocycles. The maximum absolute atomic E-state index is 4.72. The molecule has 1 aromatic heterocycles. The minimum atomic E-state index is 0.887. The molecule has 0 amide bonds. The van der Waals surface area contributed by atoms with Gasteiger partial charge in [-0.25, -0.2) is 0 Å². The van der Waals surface area contributed by atoms with E-state index in [9.17, 15) is 0 Å². The van der Waals surface area contributed by atoms with Gasteiger partial charge in [0.2, 0.25) is 0 Å². The maximum Gasteiger partial charge on any atom is 0.191 e. The number of H-pyrrole nitrogens is 1. The molecule has 27 heavy (non-hydrogen) atoms. The molecule has 0 radical (unpaired) electrons. The van der Waals surface area contributed by atoms with Crippen LogP contribution < -0.4 is 10.6 Å². The Balaban J connectivity index is 1.66. The number of nitrogens with zero attached hydrogens (tertiary/aromatic N) is 2. The molecule has 0 aliphatic heterocycles. The number of aromatic nitrogens is 1. The van der Waals surface area contributed by atoms with Gasteiger partial charge in [0.1, 0.15) is 0 Å². The number of benzene rings is 1. The van der Waals surface area contributed by atoms with Gasteiger partial charge < -0.3 is 20.5 Å². The zero-order valence-corrected chi connectivity index (χ0v) is 17.4. The van der Waals surface area contributed by atoms with Gasteiger partial charge in [-0.15, -0.1) is 0 Å². The van der Waals surface area contributed by atoms with Gasteiger partial charge in [-0.2, -0.15) is 0 Å². The number of aliphatic imine (C=N–C) groups is 1. The highest BCUT2D eigenvalue weighted by Gasteiger charge is 2.03. The van der Waals surface area contributed by atoms with Gasteiger partial charge in [0.15, 0.2) is 5.96 Å². The number of fused-ring (bicyclic) bond motifs is 1. The highest BCUT2D eigenvalue weighted by molar-refractivity contribution is 5.83. The smallest absolute Gasteiger partial charge is 0.191 e. The largest absolute Gasteiger partial charge is 0.361 e. The van der Waals surface area contributed by atoms with Crippen LogP contribution in [-0.4, -0.2) is 56.1 Å². The number of aromatic amines is 1. The van der Waals surface area contributed by atoms with E-state index in [2.05, 4.69) is 72.0 Å². The summed E-state index contributed by atoms with van der Waals surface area (Å²) in [6.45, 7) is 5.99. The topological polar surface area (TPSA) is 55.5 Å². The number of nitrogens with one attached hydrogen (secondary N) is 3. The SMILES string of the molecule is CCNC(=NCCCCCCCN(C)C)NCCc1c[nH]c2ccccc12. The highest BCUT2D eigenvalue weighted by atomic mass is 15.2. The van der Waals surface area contributed by atoms with Crippen molar-refractivity contribution < 1.29 is 0 Å². The summed E-state index contributed by atoms with van der Waals surface area (Å²) >= 11 is 0. The monoisotopic (exact) mass is 371 g/mol. The first kappa shape index (κ1) is 21.3. The van der Waals surface area contributed by atoms with Gasteiger partial charge in [0, 0.05) is 36.7 Å². The van der Waals surface area contributed by atoms with Gasteiger partial charge in [0.05, 0.1) is 0 Å². The average Bonchev–Trinajstić information content (AvgIpc) is 3.07. The van der Waals surface area contributed by atoms with E-state index >= 15 is 0 Å². The Morgan fingerprint density at radius 1 is 1.04 bits per heavy atom. The van der Waals surface area contributed by atoms with Crippen LogP contribution in [0.5, 0.6) is 0 Å². The molecular formula is C22H37N5. The van der Waals surface area contributed by atoms with Crippen molar-refractivity contribution in [3.8, 4) is 0 Å². The van der Waals surface area contributed by atoms with Crippen LogP contribution in [0.2, 0.25) is 0 Å². The van der Waals surface area contributed by atoms with Crippen LogP contribution in [0.1, 0.15) is 44.6 Å². The Labute approximate surface area is 164 Å². The van der Waals surface area contributed by atoms with Crippen molar-refractivity contribution >= 4 is 16.9 Å². The molecular weight excluding hydrogens is 334 g/mol. The second-order valence-electron chi connectivity index (χ2n) is 7.37. The molecule has 1 aromatic carbocycles. The van der Waals surface area contributed by atoms with Crippen LogP contribution >= 0.6 is 0 Å². The zero-order chi connectivity index (χ0) is 19.3. The van der Waals surface area contributed by atoms with Gasteiger partial charge in [0.25, 0.3) is 0 Å². The lowest BCUT2D eigenvalue weighted by atomic mass is 10.1. The molecule has 0 aliphatic carbocycles. The quantitative estimate of drug-likeness (QED) is 0.302. The zero-order valence-electron chi connectivity index (χ0n) is 17.4. The third-order valence-corrected chi connectivity index (χ3v) is 4.74. The van der Waals surface area contributed by atoms with Crippen molar-refractivity contribution in [2.75, 3.05) is 40.3 Å². The molecule has 0 saturated carbocycles. The first-order valence-electron chi connectivity index (χ1n) is 10.4. The Hall–Kier alpha value is -2.01. The summed E-state index contributed by atoms with van der Waals surface area (Å²) in [6.07, 6.45) is 9.48. The third-order valence-electron chi connectivity index (χ3n) is 4.74. The third kappa shape index (κ3) is 8.04. The second-order valence-corrected chi connectivity index (χ2v) is 7.37. The average molecular weight is 372 g/mol. The number of unbranched alkanes of at least 4 members (excludes halogenated alkanes) is 4. The number of rotatable bonds is 12. The summed E-state index contributed by atoms with van der Waals surface area (Å²) in [5.74, 6) is 0.935. The van der Waals surface area contributed by atoms with Gasteiger partial charge in [-0.3, -0.25) is 4.99 Å². The van der Waals surface area contributed by atoms with Crippen molar-refractivity contribution in [1.82, 2.24) is 20.5 Å². The maximum atomic E-state index is 4.72. The molecule has 150 valence electrons. The van der Waals surface area contributed by atoms with Gasteiger partial charge in [-0.1, -0.05) is 37.5 Å². The minimum Gasteiger partial charge on any atom is -0.361 e. The van der Waals surface area contributed by atoms with E-state index in [1.165, 1.54) is 55.1 Å². The summed E-state index contributed by atoms with van der Waals surface area (Å²) in [5, 5.41) is 8.13. The minimum absolute atomic E-state index is 0.887. The molecule has 5 nitrogen and oxygen atoms in total. The lowest BCUT2D eigenvalue weighted by molar-refractivity contribution is 0.390. The van der Waals surface area contributed by atoms with E-state index in [4.69, 9.17) is 4.99 Å². The molecule has 5 heteroatoms. The molecule has 0 atom stereocenters. The normalized spacial score (nSPS) is 12.1. The molecule has 0 aliphatic rings. The van der Waals surface area contributed by atoms with Crippen LogP contribution in [0.3, 0.4) is 0 Å². The fourth-order valence-corrected chi connectivity index (χ4v) is 3.26. The van der Waals surface area contributed by atoms with E-state index in [-0.39, 0.29) is 0 Å². The Kier molecular flexibility index (Phi) is 9.77. The van der Waals surface area contributed by atoms with Crippen molar-refractivity contribution in [3.05, 3.63) is 36.0 Å². The van der Waals surface area contributed by atoms with Crippen molar-refractivity contribution in [3.63, 3.8) is 0 Å². The van der Waals surface area contributed by atoms with E-state index in [0.717, 1.165) is 32.0 Å². The molecule has 1 heterocycles. The van der Waals surface area contributed by atoms with Crippen molar-refractivity contribution in [2.24, 2.45) is 4.99 Å². The predicted octanol–water partition coefficient (Wildman–Crippen LogP) is 3.78. The fourth-order valence-electron chi connectivity index (χ4n) is 3.26. The standard InChI is InChI=1S/C22H37N5/c1-4-23-22(24-15-10-6-5-7-11-17-27(2)3)25-16-14-19-18-26-21-13-9-8-12-20(19)21/h8-9,12-13,18,26H,4-7,10-11,14-17H2,1-3H3,(H2,23,24,25). The molecule has 3 N–H and O–H groups in total. The molecule has 0 spiro atoms. The van der Waals surface area contributed by atoms with Crippen LogP contribution in [0.4, 0.5) is 0 Å². The number of hydrogen-bond acceptors (Lipinski definition) is 2. The summed E-state index contributed by atoms with van der Waals surface area (Å²) < 4.78 is 0. The first-order valence-corrected chi connectivity index (χ1v) is 10.4. The highest BCUT2D eigenvalue weighted by Crippen LogP contribution is 2.17. The lowest BCUT2D eigenvalue weighted by Crippen LogP contribution is -2.38. The van der Waals surface area contributed by atoms with E-state index < -0.39 is 0 Å². The van der Waals surface area contributed by atoms with Gasteiger partial charge >= 0.3 is 0 Å². The van der Waals surface area contributed by atoms with E-state index in [1.807, 2.05) is 0 Å². The summed E-state index contributed by atoms with van der Waals surface area (Å²) in [7, 11) is 4.28. The lowest BCUT2D eigenvalue weighted by Gasteiger charge is -2.11. The van der Waals surface area contributed by atoms with Crippen LogP contribution in [-0.2, 0) is 6.42 Å². The Morgan fingerprint density at radius 3 is 2.63 bits per heavy atom. The molecule has 0 bridgehead atoms. The van der Waals surface area contributed by atoms with Crippen LogP contribution in [0, 0.1) is 0 Å². The molecule has 0 fully saturated rings.